The fourth-order valence-electron chi connectivity index (χ4n) is 3.24. The van der Waals surface area contributed by atoms with Gasteiger partial charge in [0.25, 0.3) is 0 Å². The van der Waals surface area contributed by atoms with Crippen molar-refractivity contribution in [2.75, 3.05) is 11.9 Å². The maximum Gasteiger partial charge on any atom is 0.223 e. The molecular formula is C24H23ClFN5. The number of halogens is 2. The summed E-state index contributed by atoms with van der Waals surface area (Å²) < 4.78 is 13.4. The van der Waals surface area contributed by atoms with Crippen LogP contribution < -0.4 is 11.1 Å². The summed E-state index contributed by atoms with van der Waals surface area (Å²) in [5.41, 5.74) is 10.7. The summed E-state index contributed by atoms with van der Waals surface area (Å²) in [5.74, 6) is 0.242. The third kappa shape index (κ3) is 5.63. The first-order valence-corrected chi connectivity index (χ1v) is 9.78. The molecule has 0 fully saturated rings. The van der Waals surface area contributed by atoms with Crippen LogP contribution in [0.3, 0.4) is 0 Å². The van der Waals surface area contributed by atoms with Crippen LogP contribution in [0.4, 0.5) is 10.3 Å². The van der Waals surface area contributed by atoms with Crippen molar-refractivity contribution in [3.8, 4) is 22.4 Å². The van der Waals surface area contributed by atoms with Gasteiger partial charge in [0.2, 0.25) is 5.95 Å². The standard InChI is InChI=1S/C24H22FN5.ClH/c25-20-8-6-17(7-9-20)21-16-29-24(30-23(21)19-10-13-27-14-11-19)28-15-12-22(26)18-4-2-1-3-5-18;/h1-11,13-14,16,22H,12,15,26H2,(H,28,29,30);1H. The number of nitrogens with two attached hydrogens (primary N) is 1. The minimum atomic E-state index is -0.279. The van der Waals surface area contributed by atoms with E-state index in [2.05, 4.69) is 15.3 Å². The molecule has 2 aromatic carbocycles. The van der Waals surface area contributed by atoms with Crippen molar-refractivity contribution in [3.05, 3.63) is 96.7 Å². The molecule has 3 N–H and O–H groups in total. The molecule has 1 unspecified atom stereocenters. The fourth-order valence-corrected chi connectivity index (χ4v) is 3.24. The quantitative estimate of drug-likeness (QED) is 0.413. The van der Waals surface area contributed by atoms with Crippen molar-refractivity contribution in [1.82, 2.24) is 15.0 Å². The van der Waals surface area contributed by atoms with Crippen LogP contribution in [0.15, 0.2) is 85.3 Å². The molecule has 0 saturated carbocycles. The molecule has 0 aliphatic carbocycles. The summed E-state index contributed by atoms with van der Waals surface area (Å²) in [6, 6.07) is 20.1. The first kappa shape index (κ1) is 22.3. The van der Waals surface area contributed by atoms with Gasteiger partial charge in [-0.15, -0.1) is 12.4 Å². The van der Waals surface area contributed by atoms with Gasteiger partial charge < -0.3 is 11.1 Å². The summed E-state index contributed by atoms with van der Waals surface area (Å²) in [5, 5.41) is 3.27. The molecule has 1 atom stereocenters. The molecule has 31 heavy (non-hydrogen) atoms. The highest BCUT2D eigenvalue weighted by Crippen LogP contribution is 2.30. The minimum absolute atomic E-state index is 0. The lowest BCUT2D eigenvalue weighted by Crippen LogP contribution is -2.16. The molecule has 0 aliphatic rings. The maximum atomic E-state index is 13.4. The van der Waals surface area contributed by atoms with E-state index in [-0.39, 0.29) is 24.3 Å². The lowest BCUT2D eigenvalue weighted by atomic mass is 10.0. The summed E-state index contributed by atoms with van der Waals surface area (Å²) in [4.78, 5) is 13.3. The molecule has 2 aromatic heterocycles. The summed E-state index contributed by atoms with van der Waals surface area (Å²) in [7, 11) is 0. The van der Waals surface area contributed by atoms with E-state index >= 15 is 0 Å². The average molecular weight is 436 g/mol. The van der Waals surface area contributed by atoms with Crippen molar-refractivity contribution >= 4 is 18.4 Å². The fraction of sp³-hybridized carbons (Fsp3) is 0.125. The Bertz CT molecular complexity index is 1090. The zero-order valence-corrected chi connectivity index (χ0v) is 17.6. The zero-order chi connectivity index (χ0) is 20.8. The molecule has 0 bridgehead atoms. The molecule has 0 saturated heterocycles. The Morgan fingerprint density at radius 2 is 1.61 bits per heavy atom. The molecule has 0 aliphatic heterocycles. The van der Waals surface area contributed by atoms with E-state index in [0.29, 0.717) is 12.5 Å². The first-order chi connectivity index (χ1) is 14.7. The van der Waals surface area contributed by atoms with Crippen LogP contribution in [0.25, 0.3) is 22.4 Å². The predicted molar refractivity (Wildman–Crippen MR) is 124 cm³/mol. The van der Waals surface area contributed by atoms with Gasteiger partial charge in [0.05, 0.1) is 5.69 Å². The van der Waals surface area contributed by atoms with Crippen LogP contribution in [-0.4, -0.2) is 21.5 Å². The Morgan fingerprint density at radius 3 is 2.32 bits per heavy atom. The largest absolute Gasteiger partial charge is 0.354 e. The van der Waals surface area contributed by atoms with Crippen molar-refractivity contribution < 1.29 is 4.39 Å². The first-order valence-electron chi connectivity index (χ1n) is 9.78. The average Bonchev–Trinajstić information content (AvgIpc) is 2.81. The number of rotatable bonds is 7. The molecule has 7 heteroatoms. The van der Waals surface area contributed by atoms with E-state index in [1.165, 1.54) is 12.1 Å². The SMILES string of the molecule is Cl.NC(CCNc1ncc(-c2ccc(F)cc2)c(-c2ccncc2)n1)c1ccccc1. The number of aromatic nitrogens is 3. The van der Waals surface area contributed by atoms with Crippen LogP contribution >= 0.6 is 12.4 Å². The van der Waals surface area contributed by atoms with E-state index in [1.54, 1.807) is 30.7 Å². The predicted octanol–water partition coefficient (Wildman–Crippen LogP) is 5.27. The minimum Gasteiger partial charge on any atom is -0.354 e. The molecule has 5 nitrogen and oxygen atoms in total. The van der Waals surface area contributed by atoms with Gasteiger partial charge in [0, 0.05) is 42.3 Å². The molecular weight excluding hydrogens is 413 g/mol. The third-order valence-electron chi connectivity index (χ3n) is 4.86. The van der Waals surface area contributed by atoms with Crippen molar-refractivity contribution in [1.29, 1.82) is 0 Å². The highest BCUT2D eigenvalue weighted by Gasteiger charge is 2.12. The number of hydrogen-bond donors (Lipinski definition) is 2. The van der Waals surface area contributed by atoms with Crippen LogP contribution in [-0.2, 0) is 0 Å². The topological polar surface area (TPSA) is 76.7 Å². The molecule has 4 rings (SSSR count). The number of hydrogen-bond acceptors (Lipinski definition) is 5. The van der Waals surface area contributed by atoms with Crippen LogP contribution in [0.2, 0.25) is 0 Å². The van der Waals surface area contributed by atoms with Crippen molar-refractivity contribution in [2.45, 2.75) is 12.5 Å². The van der Waals surface area contributed by atoms with E-state index < -0.39 is 0 Å². The Hall–Kier alpha value is -3.35. The van der Waals surface area contributed by atoms with Gasteiger partial charge in [-0.25, -0.2) is 14.4 Å². The molecule has 2 heterocycles. The second kappa shape index (κ2) is 10.6. The van der Waals surface area contributed by atoms with E-state index in [9.17, 15) is 4.39 Å². The summed E-state index contributed by atoms with van der Waals surface area (Å²) >= 11 is 0. The molecule has 0 spiro atoms. The van der Waals surface area contributed by atoms with E-state index in [4.69, 9.17) is 10.7 Å². The van der Waals surface area contributed by atoms with Gasteiger partial charge in [-0.1, -0.05) is 42.5 Å². The second-order valence-corrected chi connectivity index (χ2v) is 6.93. The van der Waals surface area contributed by atoms with Gasteiger partial charge >= 0.3 is 0 Å². The maximum absolute atomic E-state index is 13.4. The normalized spacial score (nSPS) is 11.4. The van der Waals surface area contributed by atoms with Crippen LogP contribution in [0.5, 0.6) is 0 Å². The lowest BCUT2D eigenvalue weighted by molar-refractivity contribution is 0.628. The molecule has 0 amide bonds. The number of benzene rings is 2. The smallest absolute Gasteiger partial charge is 0.223 e. The molecule has 0 radical (unpaired) electrons. The van der Waals surface area contributed by atoms with E-state index in [0.717, 1.165) is 34.4 Å². The van der Waals surface area contributed by atoms with E-state index in [1.807, 2.05) is 42.5 Å². The monoisotopic (exact) mass is 435 g/mol. The van der Waals surface area contributed by atoms with Crippen molar-refractivity contribution in [3.63, 3.8) is 0 Å². The van der Waals surface area contributed by atoms with Gasteiger partial charge in [-0.2, -0.15) is 0 Å². The highest BCUT2D eigenvalue weighted by molar-refractivity contribution is 5.85. The molecule has 158 valence electrons. The summed E-state index contributed by atoms with van der Waals surface area (Å²) in [6.07, 6.45) is 5.95. The molecule has 4 aromatic rings. The van der Waals surface area contributed by atoms with Crippen molar-refractivity contribution in [2.24, 2.45) is 5.73 Å². The van der Waals surface area contributed by atoms with Crippen LogP contribution in [0.1, 0.15) is 18.0 Å². The van der Waals surface area contributed by atoms with Crippen LogP contribution in [0, 0.1) is 5.82 Å². The summed E-state index contributed by atoms with van der Waals surface area (Å²) in [6.45, 7) is 0.641. The van der Waals surface area contributed by atoms with Gasteiger partial charge in [0.15, 0.2) is 0 Å². The third-order valence-corrected chi connectivity index (χ3v) is 4.86. The van der Waals surface area contributed by atoms with Gasteiger partial charge in [-0.05, 0) is 41.8 Å². The highest BCUT2D eigenvalue weighted by atomic mass is 35.5. The Morgan fingerprint density at radius 1 is 0.903 bits per heavy atom. The second-order valence-electron chi connectivity index (χ2n) is 6.93. The Labute approximate surface area is 187 Å². The van der Waals surface area contributed by atoms with Gasteiger partial charge in [-0.3, -0.25) is 4.98 Å². The van der Waals surface area contributed by atoms with Gasteiger partial charge in [0.1, 0.15) is 5.82 Å². The number of nitrogens with one attached hydrogen (secondary N) is 1. The lowest BCUT2D eigenvalue weighted by Gasteiger charge is -2.14. The Balaban J connectivity index is 0.00000272. The number of anilines is 1. The Kier molecular flexibility index (Phi) is 7.65. The number of nitrogens with zero attached hydrogens (tertiary/aromatic N) is 3. The number of pyridine rings is 1. The zero-order valence-electron chi connectivity index (χ0n) is 16.8.